The quantitative estimate of drug-likeness (QED) is 0.172. The Balaban J connectivity index is 1.54. The number of fused-ring (bicyclic) bond motifs is 1. The van der Waals surface area contributed by atoms with Gasteiger partial charge in [-0.05, 0) is 87.6 Å². The highest BCUT2D eigenvalue weighted by atomic mass is 35.5. The van der Waals surface area contributed by atoms with Gasteiger partial charge in [-0.3, -0.25) is 9.48 Å². The van der Waals surface area contributed by atoms with Crippen LogP contribution in [0.1, 0.15) is 55.3 Å². The van der Waals surface area contributed by atoms with E-state index in [1.165, 1.54) is 12.1 Å². The number of aromatic nitrogens is 3. The first-order valence-corrected chi connectivity index (χ1v) is 14.5. The Morgan fingerprint density at radius 2 is 1.70 bits per heavy atom. The molecule has 2 N–H and O–H groups in total. The summed E-state index contributed by atoms with van der Waals surface area (Å²) >= 11 is 6.33. The van der Waals surface area contributed by atoms with Crippen LogP contribution in [0.2, 0.25) is 5.02 Å². The van der Waals surface area contributed by atoms with Crippen molar-refractivity contribution in [3.63, 3.8) is 0 Å². The normalized spacial score (nSPS) is 11.2. The van der Waals surface area contributed by atoms with E-state index >= 15 is 0 Å². The average Bonchev–Trinajstić information content (AvgIpc) is 3.40. The molecule has 5 aromatic rings. The Bertz CT molecular complexity index is 1860. The number of nitrogens with zero attached hydrogens (tertiary/aromatic N) is 3. The van der Waals surface area contributed by atoms with E-state index in [4.69, 9.17) is 16.3 Å². The summed E-state index contributed by atoms with van der Waals surface area (Å²) in [6.45, 7) is 8.40. The van der Waals surface area contributed by atoms with Crippen molar-refractivity contribution in [2.24, 2.45) is 14.1 Å². The minimum atomic E-state index is -1.06. The number of rotatable bonds is 9. The first-order chi connectivity index (χ1) is 20.5. The number of hydrogen-bond donors (Lipinski definition) is 2. The summed E-state index contributed by atoms with van der Waals surface area (Å²) in [6, 6.07) is 16.2. The van der Waals surface area contributed by atoms with Crippen molar-refractivity contribution in [1.82, 2.24) is 14.3 Å². The van der Waals surface area contributed by atoms with E-state index in [0.717, 1.165) is 60.9 Å². The highest BCUT2D eigenvalue weighted by molar-refractivity contribution is 6.32. The molecule has 0 aliphatic carbocycles. The smallest absolute Gasteiger partial charge is 0.335 e. The average molecular weight is 599 g/mol. The number of carbonyl (C=O) groups is 2. The van der Waals surface area contributed by atoms with Crippen molar-refractivity contribution >= 4 is 40.1 Å². The van der Waals surface area contributed by atoms with Crippen molar-refractivity contribution in [2.75, 3.05) is 11.9 Å². The summed E-state index contributed by atoms with van der Waals surface area (Å²) in [7, 11) is 3.82. The maximum atomic E-state index is 13.9. The number of anilines is 1. The molecule has 2 heterocycles. The van der Waals surface area contributed by atoms with Crippen LogP contribution >= 0.6 is 11.6 Å². The van der Waals surface area contributed by atoms with Gasteiger partial charge >= 0.3 is 5.97 Å². The number of amides is 1. The molecule has 0 aliphatic heterocycles. The van der Waals surface area contributed by atoms with E-state index < -0.39 is 5.97 Å². The van der Waals surface area contributed by atoms with Crippen LogP contribution in [0, 0.1) is 27.7 Å². The lowest BCUT2D eigenvalue weighted by Crippen LogP contribution is -2.18. The Morgan fingerprint density at radius 3 is 2.35 bits per heavy atom. The topological polar surface area (TPSA) is 98.4 Å². The number of nitrogens with one attached hydrogen (secondary N) is 1. The highest BCUT2D eigenvalue weighted by Crippen LogP contribution is 2.37. The lowest BCUT2D eigenvalue weighted by Gasteiger charge is -2.12. The number of ether oxygens (including phenoxy) is 1. The van der Waals surface area contributed by atoms with Crippen LogP contribution in [0.25, 0.3) is 22.0 Å². The van der Waals surface area contributed by atoms with E-state index in [1.807, 2.05) is 75.3 Å². The summed E-state index contributed by atoms with van der Waals surface area (Å²) in [6.07, 6.45) is 1.26. The molecule has 0 spiro atoms. The van der Waals surface area contributed by atoms with Gasteiger partial charge in [0.25, 0.3) is 5.91 Å². The summed E-state index contributed by atoms with van der Waals surface area (Å²) in [4.78, 5) is 25.4. The van der Waals surface area contributed by atoms with E-state index in [9.17, 15) is 14.7 Å². The van der Waals surface area contributed by atoms with Crippen LogP contribution < -0.4 is 10.1 Å². The molecular formula is C34H35ClN4O4. The first kappa shape index (κ1) is 29.9. The molecule has 0 radical (unpaired) electrons. The van der Waals surface area contributed by atoms with Gasteiger partial charge in [0.1, 0.15) is 11.4 Å². The van der Waals surface area contributed by atoms with Crippen molar-refractivity contribution in [1.29, 1.82) is 0 Å². The predicted octanol–water partition coefficient (Wildman–Crippen LogP) is 7.43. The second-order valence-corrected chi connectivity index (χ2v) is 11.3. The molecule has 43 heavy (non-hydrogen) atoms. The molecule has 0 atom stereocenters. The number of halogens is 1. The fraction of sp³-hybridized carbons (Fsp3) is 0.265. The minimum Gasteiger partial charge on any atom is -0.494 e. The van der Waals surface area contributed by atoms with Crippen molar-refractivity contribution < 1.29 is 19.4 Å². The Morgan fingerprint density at radius 1 is 1.00 bits per heavy atom. The molecule has 2 aromatic heterocycles. The van der Waals surface area contributed by atoms with E-state index in [2.05, 4.69) is 16.5 Å². The monoisotopic (exact) mass is 598 g/mol. The van der Waals surface area contributed by atoms with Crippen LogP contribution in [0.15, 0.2) is 54.6 Å². The highest BCUT2D eigenvalue weighted by Gasteiger charge is 2.25. The van der Waals surface area contributed by atoms with Crippen LogP contribution in [-0.2, 0) is 20.5 Å². The van der Waals surface area contributed by atoms with Gasteiger partial charge < -0.3 is 19.7 Å². The first-order valence-electron chi connectivity index (χ1n) is 14.1. The van der Waals surface area contributed by atoms with Gasteiger partial charge in [-0.25, -0.2) is 4.79 Å². The summed E-state index contributed by atoms with van der Waals surface area (Å²) in [5.41, 5.74) is 8.78. The Labute approximate surface area is 255 Å². The number of aromatic carboxylic acids is 1. The van der Waals surface area contributed by atoms with Gasteiger partial charge in [-0.15, -0.1) is 0 Å². The van der Waals surface area contributed by atoms with Crippen LogP contribution in [0.5, 0.6) is 5.75 Å². The summed E-state index contributed by atoms with van der Waals surface area (Å²) in [5.74, 6) is -0.607. The molecule has 8 nitrogen and oxygen atoms in total. The number of benzene rings is 3. The molecular weight excluding hydrogens is 564 g/mol. The van der Waals surface area contributed by atoms with E-state index in [-0.39, 0.29) is 11.5 Å². The molecule has 9 heteroatoms. The van der Waals surface area contributed by atoms with E-state index in [0.29, 0.717) is 30.8 Å². The van der Waals surface area contributed by atoms with Gasteiger partial charge in [0.05, 0.1) is 23.4 Å². The number of aryl methyl sites for hydroxylation is 6. The van der Waals surface area contributed by atoms with Crippen LogP contribution in [-0.4, -0.2) is 37.9 Å². The number of carboxylic acids is 1. The maximum absolute atomic E-state index is 13.9. The van der Waals surface area contributed by atoms with Crippen molar-refractivity contribution in [3.05, 3.63) is 99.0 Å². The zero-order valence-corrected chi connectivity index (χ0v) is 26.0. The third-order valence-corrected chi connectivity index (χ3v) is 8.52. The van der Waals surface area contributed by atoms with Crippen molar-refractivity contribution in [2.45, 2.75) is 40.5 Å². The third-order valence-electron chi connectivity index (χ3n) is 7.93. The molecule has 3 aromatic carbocycles. The lowest BCUT2D eigenvalue weighted by molar-refractivity contribution is 0.0696. The molecule has 0 aliphatic rings. The molecule has 222 valence electrons. The molecule has 0 saturated heterocycles. The van der Waals surface area contributed by atoms with Crippen LogP contribution in [0.3, 0.4) is 0 Å². The van der Waals surface area contributed by atoms with E-state index in [1.54, 1.807) is 12.1 Å². The van der Waals surface area contributed by atoms with Crippen molar-refractivity contribution in [3.8, 4) is 16.9 Å². The minimum absolute atomic E-state index is 0.102. The second-order valence-electron chi connectivity index (χ2n) is 10.9. The zero-order chi connectivity index (χ0) is 31.0. The number of carbonyl (C=O) groups excluding carboxylic acids is 1. The Hall–Kier alpha value is -4.56. The fourth-order valence-corrected chi connectivity index (χ4v) is 5.96. The summed E-state index contributed by atoms with van der Waals surface area (Å²) in [5, 5.41) is 18.7. The lowest BCUT2D eigenvalue weighted by atomic mass is 9.98. The molecule has 1 amide bonds. The molecule has 5 rings (SSSR count). The van der Waals surface area contributed by atoms with Gasteiger partial charge in [-0.2, -0.15) is 5.10 Å². The maximum Gasteiger partial charge on any atom is 0.335 e. The predicted molar refractivity (Wildman–Crippen MR) is 171 cm³/mol. The van der Waals surface area contributed by atoms with Gasteiger partial charge in [0.15, 0.2) is 0 Å². The van der Waals surface area contributed by atoms with Crippen LogP contribution in [0.4, 0.5) is 5.69 Å². The molecule has 0 fully saturated rings. The third kappa shape index (κ3) is 5.75. The van der Waals surface area contributed by atoms with Gasteiger partial charge in [-0.1, -0.05) is 35.9 Å². The zero-order valence-electron chi connectivity index (χ0n) is 25.2. The fourth-order valence-electron chi connectivity index (χ4n) is 5.85. The van der Waals surface area contributed by atoms with Gasteiger partial charge in [0.2, 0.25) is 0 Å². The summed E-state index contributed by atoms with van der Waals surface area (Å²) < 4.78 is 9.90. The number of carboxylic acid groups (broad SMARTS) is 1. The molecule has 0 bridgehead atoms. The second kappa shape index (κ2) is 12.0. The molecule has 0 saturated carbocycles. The number of hydrogen-bond acceptors (Lipinski definition) is 4. The molecule has 0 unspecified atom stereocenters. The van der Waals surface area contributed by atoms with Gasteiger partial charge in [0, 0.05) is 47.0 Å². The SMILES string of the molecule is Cc1cc(OCCCc2c(C(=O)Nc3cccc(C(=O)O)c3)n(C)c3c(-c4c(C)nn(C)c4C)cccc23)cc(C)c1Cl. The Kier molecular flexibility index (Phi) is 8.33. The number of para-hydroxylation sites is 1. The largest absolute Gasteiger partial charge is 0.494 e. The standard InChI is InChI=1S/C34H35ClN4O4/c1-19-16-25(17-20(2)30(19)35)43-15-9-14-27-26-12-8-13-28(29-21(3)37-39(6)22(29)4)31(26)38(5)32(27)33(40)36-24-11-7-10-23(18-24)34(41)42/h7-8,10-13,16-18H,9,14-15H2,1-6H3,(H,36,40)(H,41,42).